The molecule has 0 fully saturated rings. The minimum Gasteiger partial charge on any atom is -0.287 e. The first-order chi connectivity index (χ1) is 4.79. The highest BCUT2D eigenvalue weighted by Crippen LogP contribution is 1.98. The van der Waals surface area contributed by atoms with Gasteiger partial charge in [-0.25, -0.2) is 0 Å². The lowest BCUT2D eigenvalue weighted by atomic mass is 10.1. The van der Waals surface area contributed by atoms with Gasteiger partial charge in [-0.3, -0.25) is 11.1 Å². The minimum atomic E-state index is -0.0359. The summed E-state index contributed by atoms with van der Waals surface area (Å²) in [5.74, 6) is -0.0359. The van der Waals surface area contributed by atoms with Crippen molar-refractivity contribution in [1.29, 1.82) is 5.41 Å². The molecule has 0 bridgehead atoms. The third kappa shape index (κ3) is 1.90. The van der Waals surface area contributed by atoms with Gasteiger partial charge in [-0.2, -0.15) is 0 Å². The first-order valence-corrected chi connectivity index (χ1v) is 3.12. The van der Waals surface area contributed by atoms with E-state index in [0.29, 0.717) is 6.42 Å². The molecule has 1 rings (SSSR count). The quantitative estimate of drug-likeness (QED) is 0.469. The Bertz CT molecular complexity index is 216. The Morgan fingerprint density at radius 1 is 1.20 bits per heavy atom. The Morgan fingerprint density at radius 2 is 1.80 bits per heavy atom. The standard InChI is InChI=1S/C8H9N2/c9-8(10)6-7-4-2-1-3-5-7/h1-5,9-10H,6H2. The van der Waals surface area contributed by atoms with Crippen molar-refractivity contribution in [3.05, 3.63) is 35.9 Å². The average Bonchev–Trinajstić information content (AvgIpc) is 1.88. The van der Waals surface area contributed by atoms with Crippen LogP contribution in [0.3, 0.4) is 0 Å². The molecule has 1 aromatic rings. The molecule has 2 N–H and O–H groups in total. The summed E-state index contributed by atoms with van der Waals surface area (Å²) in [5, 5.41) is 6.90. The van der Waals surface area contributed by atoms with E-state index in [0.717, 1.165) is 5.56 Å². The summed E-state index contributed by atoms with van der Waals surface area (Å²) in [4.78, 5) is 0. The fourth-order valence-corrected chi connectivity index (χ4v) is 0.800. The zero-order valence-electron chi connectivity index (χ0n) is 5.59. The lowest BCUT2D eigenvalue weighted by Crippen LogP contribution is -2.00. The molecule has 1 radical (unpaired) electrons. The predicted molar refractivity (Wildman–Crippen MR) is 41.0 cm³/mol. The molecule has 2 nitrogen and oxygen atoms in total. The van der Waals surface area contributed by atoms with Crippen molar-refractivity contribution in [2.45, 2.75) is 6.42 Å². The maximum atomic E-state index is 6.90. The summed E-state index contributed by atoms with van der Waals surface area (Å²) < 4.78 is 0. The highest BCUT2D eigenvalue weighted by Gasteiger charge is 1.91. The largest absolute Gasteiger partial charge is 0.287 e. The Hall–Kier alpha value is -1.31. The molecule has 0 unspecified atom stereocenters. The first-order valence-electron chi connectivity index (χ1n) is 3.12. The summed E-state index contributed by atoms with van der Waals surface area (Å²) in [6, 6.07) is 9.60. The van der Waals surface area contributed by atoms with E-state index in [4.69, 9.17) is 11.1 Å². The number of amidine groups is 1. The molecule has 0 heterocycles. The predicted octanol–water partition coefficient (Wildman–Crippen LogP) is 1.49. The van der Waals surface area contributed by atoms with Crippen molar-refractivity contribution in [3.63, 3.8) is 0 Å². The van der Waals surface area contributed by atoms with Gasteiger partial charge in [0, 0.05) is 6.42 Å². The number of hydrogen-bond acceptors (Lipinski definition) is 1. The zero-order chi connectivity index (χ0) is 7.40. The SMILES string of the molecule is [NH]C(=N)Cc1ccccc1. The molecule has 10 heavy (non-hydrogen) atoms. The van der Waals surface area contributed by atoms with Crippen molar-refractivity contribution in [3.8, 4) is 0 Å². The third-order valence-electron chi connectivity index (χ3n) is 1.22. The number of hydrogen-bond donors (Lipinski definition) is 1. The van der Waals surface area contributed by atoms with Crippen LogP contribution in [0.25, 0.3) is 0 Å². The molecule has 0 aliphatic rings. The highest BCUT2D eigenvalue weighted by molar-refractivity contribution is 5.78. The number of nitrogens with one attached hydrogen (secondary N) is 2. The molecule has 0 spiro atoms. The molecule has 0 aliphatic carbocycles. The van der Waals surface area contributed by atoms with Crippen LogP contribution < -0.4 is 5.73 Å². The Kier molecular flexibility index (Phi) is 2.05. The number of benzene rings is 1. The highest BCUT2D eigenvalue weighted by atomic mass is 14.7. The van der Waals surface area contributed by atoms with E-state index in [9.17, 15) is 0 Å². The van der Waals surface area contributed by atoms with E-state index >= 15 is 0 Å². The van der Waals surface area contributed by atoms with Crippen LogP contribution >= 0.6 is 0 Å². The van der Waals surface area contributed by atoms with Crippen LogP contribution in [0.2, 0.25) is 0 Å². The van der Waals surface area contributed by atoms with Crippen LogP contribution in [0.5, 0.6) is 0 Å². The molecule has 51 valence electrons. The molecule has 0 amide bonds. The molecule has 0 aliphatic heterocycles. The van der Waals surface area contributed by atoms with E-state index in [-0.39, 0.29) is 5.84 Å². The Balaban J connectivity index is 2.67. The van der Waals surface area contributed by atoms with Gasteiger partial charge in [-0.05, 0) is 5.56 Å². The summed E-state index contributed by atoms with van der Waals surface area (Å²) in [7, 11) is 0. The van der Waals surface area contributed by atoms with Crippen molar-refractivity contribution in [2.75, 3.05) is 0 Å². The normalized spacial score (nSPS) is 9.20. The summed E-state index contributed by atoms with van der Waals surface area (Å²) in [6.45, 7) is 0. The maximum Gasteiger partial charge on any atom is 0.116 e. The van der Waals surface area contributed by atoms with E-state index in [1.807, 2.05) is 30.3 Å². The average molecular weight is 133 g/mol. The van der Waals surface area contributed by atoms with Gasteiger partial charge in [0.1, 0.15) is 5.84 Å². The van der Waals surface area contributed by atoms with Crippen molar-refractivity contribution >= 4 is 5.84 Å². The molecular formula is C8H9N2. The van der Waals surface area contributed by atoms with E-state index in [1.165, 1.54) is 0 Å². The molecule has 0 atom stereocenters. The smallest absolute Gasteiger partial charge is 0.116 e. The van der Waals surface area contributed by atoms with Crippen LogP contribution in [0.15, 0.2) is 30.3 Å². The topological polar surface area (TPSA) is 47.7 Å². The third-order valence-corrected chi connectivity index (χ3v) is 1.22. The second kappa shape index (κ2) is 3.01. The molecule has 0 saturated carbocycles. The molecular weight excluding hydrogens is 124 g/mol. The monoisotopic (exact) mass is 133 g/mol. The van der Waals surface area contributed by atoms with Gasteiger partial charge >= 0.3 is 0 Å². The van der Waals surface area contributed by atoms with Crippen LogP contribution in [0, 0.1) is 5.41 Å². The van der Waals surface area contributed by atoms with Gasteiger partial charge in [0.25, 0.3) is 0 Å². The fraction of sp³-hybridized carbons (Fsp3) is 0.125. The van der Waals surface area contributed by atoms with Crippen LogP contribution in [-0.2, 0) is 6.42 Å². The molecule has 2 heteroatoms. The summed E-state index contributed by atoms with van der Waals surface area (Å²) in [6.07, 6.45) is 0.445. The van der Waals surface area contributed by atoms with Gasteiger partial charge in [0.05, 0.1) is 0 Å². The van der Waals surface area contributed by atoms with Gasteiger partial charge in [0.2, 0.25) is 0 Å². The zero-order valence-corrected chi connectivity index (χ0v) is 5.59. The second-order valence-electron chi connectivity index (χ2n) is 2.14. The Labute approximate surface area is 60.2 Å². The van der Waals surface area contributed by atoms with E-state index in [1.54, 1.807) is 0 Å². The maximum absolute atomic E-state index is 6.90. The molecule has 0 aromatic heterocycles. The Morgan fingerprint density at radius 3 is 2.30 bits per heavy atom. The van der Waals surface area contributed by atoms with Crippen LogP contribution in [0.1, 0.15) is 5.56 Å². The lowest BCUT2D eigenvalue weighted by molar-refractivity contribution is 1.23. The lowest BCUT2D eigenvalue weighted by Gasteiger charge is -1.95. The molecule has 0 saturated heterocycles. The van der Waals surface area contributed by atoms with Gasteiger partial charge in [-0.15, -0.1) is 0 Å². The summed E-state index contributed by atoms with van der Waals surface area (Å²) >= 11 is 0. The molecule has 1 aromatic carbocycles. The number of rotatable bonds is 2. The van der Waals surface area contributed by atoms with Gasteiger partial charge < -0.3 is 0 Å². The van der Waals surface area contributed by atoms with Gasteiger partial charge in [0.15, 0.2) is 0 Å². The van der Waals surface area contributed by atoms with Crippen LogP contribution in [-0.4, -0.2) is 5.84 Å². The minimum absolute atomic E-state index is 0.0359. The van der Waals surface area contributed by atoms with Crippen molar-refractivity contribution in [1.82, 2.24) is 5.73 Å². The summed E-state index contributed by atoms with van der Waals surface area (Å²) in [5.41, 5.74) is 7.93. The van der Waals surface area contributed by atoms with Crippen LogP contribution in [0.4, 0.5) is 0 Å². The fourth-order valence-electron chi connectivity index (χ4n) is 0.800. The van der Waals surface area contributed by atoms with E-state index in [2.05, 4.69) is 0 Å². The van der Waals surface area contributed by atoms with Crippen molar-refractivity contribution < 1.29 is 0 Å². The van der Waals surface area contributed by atoms with E-state index < -0.39 is 0 Å². The van der Waals surface area contributed by atoms with Gasteiger partial charge in [-0.1, -0.05) is 30.3 Å². The first kappa shape index (κ1) is 6.81. The van der Waals surface area contributed by atoms with Crippen molar-refractivity contribution in [2.24, 2.45) is 0 Å². The second-order valence-corrected chi connectivity index (χ2v) is 2.14.